The van der Waals surface area contributed by atoms with Gasteiger partial charge in [-0.05, 0) is 23.4 Å². The average molecular weight is 259 g/mol. The van der Waals surface area contributed by atoms with E-state index >= 15 is 0 Å². The zero-order valence-corrected chi connectivity index (χ0v) is 10.4. The first-order valence-electron chi connectivity index (χ1n) is 6.04. The zero-order chi connectivity index (χ0) is 13.6. The highest BCUT2D eigenvalue weighted by atomic mass is 16.5. The molecule has 1 aliphatic heterocycles. The number of aromatic nitrogens is 1. The normalized spacial score (nSPS) is 14.8. The van der Waals surface area contributed by atoms with Crippen LogP contribution >= 0.6 is 0 Å². The van der Waals surface area contributed by atoms with Gasteiger partial charge >= 0.3 is 5.97 Å². The molecule has 1 atom stereocenters. The fraction of sp³-hybridized carbons (Fsp3) is 0.286. The van der Waals surface area contributed by atoms with Crippen molar-refractivity contribution in [2.75, 3.05) is 7.11 Å². The molecular formula is C14H13NO4. The van der Waals surface area contributed by atoms with Crippen LogP contribution in [0.4, 0.5) is 0 Å². The molecule has 98 valence electrons. The number of para-hydroxylation sites is 1. The summed E-state index contributed by atoms with van der Waals surface area (Å²) in [5.74, 6) is -1.15. The van der Waals surface area contributed by atoms with E-state index in [4.69, 9.17) is 9.84 Å². The number of carboxylic acid groups (broad SMARTS) is 1. The second-order valence-corrected chi connectivity index (χ2v) is 4.62. The first kappa shape index (κ1) is 11.9. The highest BCUT2D eigenvalue weighted by Gasteiger charge is 2.26. The molecule has 2 heterocycles. The van der Waals surface area contributed by atoms with Gasteiger partial charge in [0.25, 0.3) is 5.56 Å². The lowest BCUT2D eigenvalue weighted by molar-refractivity contribution is -0.149. The van der Waals surface area contributed by atoms with E-state index in [0.717, 1.165) is 22.9 Å². The molecule has 0 aliphatic carbocycles. The minimum atomic E-state index is -1.22. The molecule has 1 aromatic heterocycles. The van der Waals surface area contributed by atoms with Gasteiger partial charge in [-0.15, -0.1) is 0 Å². The summed E-state index contributed by atoms with van der Waals surface area (Å²) in [5.41, 5.74) is 1.95. The van der Waals surface area contributed by atoms with Gasteiger partial charge in [-0.2, -0.15) is 0 Å². The third-order valence-electron chi connectivity index (χ3n) is 3.57. The fourth-order valence-corrected chi connectivity index (χ4v) is 2.74. The summed E-state index contributed by atoms with van der Waals surface area (Å²) < 4.78 is 6.58. The molecule has 0 fully saturated rings. The molecule has 3 rings (SSSR count). The Morgan fingerprint density at radius 3 is 2.95 bits per heavy atom. The third-order valence-corrected chi connectivity index (χ3v) is 3.57. The largest absolute Gasteiger partial charge is 0.479 e. The fourth-order valence-electron chi connectivity index (χ4n) is 2.74. The number of aliphatic carboxylic acids is 1. The summed E-state index contributed by atoms with van der Waals surface area (Å²) in [7, 11) is 1.29. The van der Waals surface area contributed by atoms with Crippen molar-refractivity contribution in [2.24, 2.45) is 0 Å². The number of aryl methyl sites for hydroxylation is 2. The van der Waals surface area contributed by atoms with Crippen LogP contribution in [-0.2, 0) is 22.5 Å². The second kappa shape index (κ2) is 4.20. The SMILES string of the molecule is COC(C(=O)O)c1cc2cccc3c2n(c1=O)CC3. The van der Waals surface area contributed by atoms with Gasteiger partial charge in [0.1, 0.15) is 0 Å². The number of carbonyl (C=O) groups is 1. The molecule has 0 bridgehead atoms. The zero-order valence-electron chi connectivity index (χ0n) is 10.4. The number of nitrogens with zero attached hydrogens (tertiary/aromatic N) is 1. The van der Waals surface area contributed by atoms with E-state index in [1.807, 2.05) is 18.2 Å². The number of pyridine rings is 1. The van der Waals surface area contributed by atoms with Crippen molar-refractivity contribution in [3.05, 3.63) is 45.7 Å². The van der Waals surface area contributed by atoms with Crippen molar-refractivity contribution >= 4 is 16.9 Å². The van der Waals surface area contributed by atoms with Crippen molar-refractivity contribution in [1.29, 1.82) is 0 Å². The van der Waals surface area contributed by atoms with Crippen molar-refractivity contribution in [3.63, 3.8) is 0 Å². The van der Waals surface area contributed by atoms with Crippen molar-refractivity contribution in [3.8, 4) is 0 Å². The van der Waals surface area contributed by atoms with Gasteiger partial charge in [-0.25, -0.2) is 4.79 Å². The van der Waals surface area contributed by atoms with E-state index in [2.05, 4.69) is 0 Å². The molecule has 1 N–H and O–H groups in total. The molecule has 0 amide bonds. The predicted octanol–water partition coefficient (Wildman–Crippen LogP) is 1.33. The van der Waals surface area contributed by atoms with E-state index in [0.29, 0.717) is 6.54 Å². The van der Waals surface area contributed by atoms with Crippen molar-refractivity contribution in [1.82, 2.24) is 4.57 Å². The maximum Gasteiger partial charge on any atom is 0.337 e. The average Bonchev–Trinajstić information content (AvgIpc) is 2.81. The van der Waals surface area contributed by atoms with Crippen LogP contribution in [0.25, 0.3) is 10.9 Å². The van der Waals surface area contributed by atoms with Crippen LogP contribution in [0.5, 0.6) is 0 Å². The van der Waals surface area contributed by atoms with Gasteiger partial charge in [-0.1, -0.05) is 18.2 Å². The smallest absolute Gasteiger partial charge is 0.337 e. The molecule has 2 aromatic rings. The molecule has 5 heteroatoms. The van der Waals surface area contributed by atoms with Crippen molar-refractivity contribution < 1.29 is 14.6 Å². The van der Waals surface area contributed by atoms with Gasteiger partial charge in [0, 0.05) is 13.7 Å². The van der Waals surface area contributed by atoms with Crippen LogP contribution < -0.4 is 5.56 Å². The number of hydrogen-bond acceptors (Lipinski definition) is 3. The number of carboxylic acids is 1. The molecule has 0 radical (unpaired) electrons. The van der Waals surface area contributed by atoms with E-state index < -0.39 is 12.1 Å². The number of ether oxygens (including phenoxy) is 1. The lowest BCUT2D eigenvalue weighted by Crippen LogP contribution is -2.28. The van der Waals surface area contributed by atoms with Gasteiger partial charge < -0.3 is 14.4 Å². The van der Waals surface area contributed by atoms with E-state index in [1.165, 1.54) is 7.11 Å². The Morgan fingerprint density at radius 2 is 2.26 bits per heavy atom. The lowest BCUT2D eigenvalue weighted by Gasteiger charge is -2.13. The lowest BCUT2D eigenvalue weighted by atomic mass is 10.1. The predicted molar refractivity (Wildman–Crippen MR) is 69.3 cm³/mol. The summed E-state index contributed by atoms with van der Waals surface area (Å²) >= 11 is 0. The monoisotopic (exact) mass is 259 g/mol. The molecule has 1 aliphatic rings. The number of methoxy groups -OCH3 is 1. The van der Waals surface area contributed by atoms with Crippen LogP contribution in [0.1, 0.15) is 17.2 Å². The number of benzene rings is 1. The van der Waals surface area contributed by atoms with Crippen LogP contribution in [0.3, 0.4) is 0 Å². The summed E-state index contributed by atoms with van der Waals surface area (Å²) in [6.45, 7) is 0.596. The summed E-state index contributed by atoms with van der Waals surface area (Å²) in [6.07, 6.45) is -0.411. The first-order valence-corrected chi connectivity index (χ1v) is 6.04. The molecular weight excluding hydrogens is 246 g/mol. The molecule has 0 spiro atoms. The van der Waals surface area contributed by atoms with E-state index in [-0.39, 0.29) is 11.1 Å². The molecule has 5 nitrogen and oxygen atoms in total. The highest BCUT2D eigenvalue weighted by Crippen LogP contribution is 2.26. The van der Waals surface area contributed by atoms with Crippen LogP contribution in [0.15, 0.2) is 29.1 Å². The summed E-state index contributed by atoms with van der Waals surface area (Å²) in [4.78, 5) is 23.5. The van der Waals surface area contributed by atoms with Crippen LogP contribution in [-0.4, -0.2) is 22.8 Å². The van der Waals surface area contributed by atoms with Gasteiger partial charge in [0.05, 0.1) is 11.1 Å². The Bertz CT molecular complexity index is 732. The summed E-state index contributed by atoms with van der Waals surface area (Å²) in [5, 5.41) is 10.0. The Labute approximate surface area is 109 Å². The Balaban J connectivity index is 2.33. The molecule has 0 saturated carbocycles. The topological polar surface area (TPSA) is 68.5 Å². The summed E-state index contributed by atoms with van der Waals surface area (Å²) in [6, 6.07) is 7.43. The highest BCUT2D eigenvalue weighted by molar-refractivity contribution is 5.85. The van der Waals surface area contributed by atoms with Gasteiger partial charge in [0.15, 0.2) is 6.10 Å². The number of rotatable bonds is 3. The number of hydrogen-bond donors (Lipinski definition) is 1. The van der Waals surface area contributed by atoms with Gasteiger partial charge in [-0.3, -0.25) is 4.79 Å². The maximum atomic E-state index is 12.4. The van der Waals surface area contributed by atoms with E-state index in [1.54, 1.807) is 10.6 Å². The van der Waals surface area contributed by atoms with Crippen LogP contribution in [0.2, 0.25) is 0 Å². The Morgan fingerprint density at radius 1 is 1.47 bits per heavy atom. The second-order valence-electron chi connectivity index (χ2n) is 4.62. The minimum Gasteiger partial charge on any atom is -0.479 e. The first-order chi connectivity index (χ1) is 9.13. The van der Waals surface area contributed by atoms with Gasteiger partial charge in [0.2, 0.25) is 0 Å². The molecule has 1 unspecified atom stereocenters. The van der Waals surface area contributed by atoms with Crippen molar-refractivity contribution in [2.45, 2.75) is 19.1 Å². The third kappa shape index (κ3) is 1.66. The Hall–Kier alpha value is -2.14. The molecule has 0 saturated heterocycles. The quantitative estimate of drug-likeness (QED) is 0.902. The maximum absolute atomic E-state index is 12.4. The standard InChI is InChI=1S/C14H13NO4/c1-19-12(14(17)18)10-7-9-4-2-3-8-5-6-15(11(8)9)13(10)16/h2-4,7,12H,5-6H2,1H3,(H,17,18). The molecule has 1 aromatic carbocycles. The van der Waals surface area contributed by atoms with Crippen LogP contribution in [0, 0.1) is 0 Å². The molecule has 19 heavy (non-hydrogen) atoms. The minimum absolute atomic E-state index is 0.182. The Kier molecular flexibility index (Phi) is 2.64. The van der Waals surface area contributed by atoms with E-state index in [9.17, 15) is 9.59 Å².